The molecule has 0 bridgehead atoms. The van der Waals surface area contributed by atoms with Gasteiger partial charge in [-0.25, -0.2) is 9.97 Å². The summed E-state index contributed by atoms with van der Waals surface area (Å²) >= 11 is 6.33. The Morgan fingerprint density at radius 3 is 2.73 bits per heavy atom. The fraction of sp³-hybridized carbons (Fsp3) is 0.556. The molecule has 2 aliphatic rings. The third-order valence-electron chi connectivity index (χ3n) is 5.26. The maximum absolute atomic E-state index is 12.5. The number of halogens is 1. The van der Waals surface area contributed by atoms with E-state index in [9.17, 15) is 4.79 Å². The lowest BCUT2D eigenvalue weighted by Crippen LogP contribution is -2.53. The third kappa shape index (κ3) is 3.28. The van der Waals surface area contributed by atoms with Crippen LogP contribution < -0.4 is 10.6 Å². The molecule has 2 N–H and O–H groups in total. The largest absolute Gasteiger partial charge is 0.357 e. The molecule has 0 spiro atoms. The zero-order valence-corrected chi connectivity index (χ0v) is 15.6. The number of hydrogen-bond acceptors (Lipinski definition) is 5. The Bertz CT molecular complexity index is 810. The van der Waals surface area contributed by atoms with Crippen LogP contribution in [-0.4, -0.2) is 38.2 Å². The van der Waals surface area contributed by atoms with Crippen LogP contribution in [0.5, 0.6) is 0 Å². The number of nitrogens with zero attached hydrogens (tertiary/aromatic N) is 4. The molecule has 2 heterocycles. The van der Waals surface area contributed by atoms with E-state index < -0.39 is 5.54 Å². The van der Waals surface area contributed by atoms with Gasteiger partial charge in [-0.1, -0.05) is 30.9 Å². The first-order chi connectivity index (χ1) is 12.6. The minimum absolute atomic E-state index is 0.0150. The number of aromatic nitrogens is 4. The lowest BCUT2D eigenvalue weighted by atomic mass is 9.81. The molecular weight excluding hydrogens is 352 g/mol. The van der Waals surface area contributed by atoms with Crippen molar-refractivity contribution in [1.29, 1.82) is 0 Å². The molecular formula is C18H23ClN6O. The quantitative estimate of drug-likeness (QED) is 0.839. The van der Waals surface area contributed by atoms with E-state index >= 15 is 0 Å². The van der Waals surface area contributed by atoms with Crippen molar-refractivity contribution < 1.29 is 4.79 Å². The van der Waals surface area contributed by atoms with Crippen LogP contribution in [0, 0.1) is 0 Å². The van der Waals surface area contributed by atoms with Crippen molar-refractivity contribution in [3.63, 3.8) is 0 Å². The van der Waals surface area contributed by atoms with Crippen LogP contribution in [0.2, 0.25) is 5.02 Å². The molecule has 0 saturated heterocycles. The third-order valence-corrected chi connectivity index (χ3v) is 5.54. The second-order valence-electron chi connectivity index (χ2n) is 7.18. The van der Waals surface area contributed by atoms with E-state index in [4.69, 9.17) is 11.6 Å². The summed E-state index contributed by atoms with van der Waals surface area (Å²) in [4.78, 5) is 21.4. The van der Waals surface area contributed by atoms with Crippen LogP contribution in [0.1, 0.15) is 51.0 Å². The van der Waals surface area contributed by atoms with Gasteiger partial charge in [0, 0.05) is 18.8 Å². The van der Waals surface area contributed by atoms with Crippen molar-refractivity contribution in [2.45, 2.75) is 56.5 Å². The molecule has 8 heteroatoms. The first kappa shape index (κ1) is 17.3. The molecule has 2 fully saturated rings. The summed E-state index contributed by atoms with van der Waals surface area (Å²) in [5.41, 5.74) is 0.847. The van der Waals surface area contributed by atoms with Gasteiger partial charge in [-0.2, -0.15) is 5.10 Å². The topological polar surface area (TPSA) is 84.7 Å². The molecule has 0 unspecified atom stereocenters. The van der Waals surface area contributed by atoms with E-state index in [1.165, 1.54) is 12.8 Å². The second kappa shape index (κ2) is 6.87. The van der Waals surface area contributed by atoms with Crippen molar-refractivity contribution in [1.82, 2.24) is 25.1 Å². The van der Waals surface area contributed by atoms with Crippen LogP contribution in [0.15, 0.2) is 18.6 Å². The Kier molecular flexibility index (Phi) is 4.56. The number of amides is 1. The van der Waals surface area contributed by atoms with E-state index in [1.807, 2.05) is 10.9 Å². The summed E-state index contributed by atoms with van der Waals surface area (Å²) in [6, 6.07) is 0.501. The fourth-order valence-corrected chi connectivity index (χ4v) is 3.85. The van der Waals surface area contributed by atoms with Crippen LogP contribution in [0.25, 0.3) is 11.3 Å². The number of anilines is 1. The standard InChI is InChI=1S/C18H23ClN6O/c1-20-16(26)18(7-3-2-4-8-18)24-17-21-10-14(19)15(23-17)12-9-22-25(11-12)13-5-6-13/h9-11,13H,2-8H2,1H3,(H,20,26)(H,21,23,24). The van der Waals surface area contributed by atoms with Gasteiger partial charge in [0.2, 0.25) is 11.9 Å². The summed E-state index contributed by atoms with van der Waals surface area (Å²) in [5, 5.41) is 11.0. The predicted octanol–water partition coefficient (Wildman–Crippen LogP) is 3.19. The van der Waals surface area contributed by atoms with Crippen LogP contribution in [-0.2, 0) is 4.79 Å². The van der Waals surface area contributed by atoms with Gasteiger partial charge in [0.1, 0.15) is 5.54 Å². The van der Waals surface area contributed by atoms with E-state index in [-0.39, 0.29) is 5.91 Å². The van der Waals surface area contributed by atoms with Gasteiger partial charge >= 0.3 is 0 Å². The molecule has 0 aliphatic heterocycles. The molecule has 2 aliphatic carbocycles. The average Bonchev–Trinajstić information content (AvgIpc) is 3.40. The summed E-state index contributed by atoms with van der Waals surface area (Å²) in [5.74, 6) is 0.410. The zero-order valence-electron chi connectivity index (χ0n) is 14.8. The minimum atomic E-state index is -0.656. The molecule has 138 valence electrons. The van der Waals surface area contributed by atoms with Crippen LogP contribution in [0.4, 0.5) is 5.95 Å². The lowest BCUT2D eigenvalue weighted by molar-refractivity contribution is -0.126. The first-order valence-corrected chi connectivity index (χ1v) is 9.56. The molecule has 7 nitrogen and oxygen atoms in total. The number of carbonyl (C=O) groups is 1. The number of likely N-dealkylation sites (N-methyl/N-ethyl adjacent to an activating group) is 1. The van der Waals surface area contributed by atoms with Crippen LogP contribution >= 0.6 is 11.6 Å². The molecule has 26 heavy (non-hydrogen) atoms. The van der Waals surface area contributed by atoms with Crippen molar-refractivity contribution in [3.8, 4) is 11.3 Å². The van der Waals surface area contributed by atoms with Gasteiger partial charge in [0.15, 0.2) is 0 Å². The second-order valence-corrected chi connectivity index (χ2v) is 7.58. The summed E-state index contributed by atoms with van der Waals surface area (Å²) in [7, 11) is 1.67. The normalized spacial score (nSPS) is 19.2. The van der Waals surface area contributed by atoms with Crippen molar-refractivity contribution in [2.75, 3.05) is 12.4 Å². The smallest absolute Gasteiger partial charge is 0.245 e. The molecule has 0 aromatic carbocycles. The maximum atomic E-state index is 12.5. The minimum Gasteiger partial charge on any atom is -0.357 e. The van der Waals surface area contributed by atoms with E-state index in [2.05, 4.69) is 25.7 Å². The summed E-state index contributed by atoms with van der Waals surface area (Å²) < 4.78 is 1.97. The zero-order chi connectivity index (χ0) is 18.1. The van der Waals surface area contributed by atoms with Crippen molar-refractivity contribution in [3.05, 3.63) is 23.6 Å². The Hall–Kier alpha value is -2.15. The van der Waals surface area contributed by atoms with Gasteiger partial charge in [-0.05, 0) is 25.7 Å². The van der Waals surface area contributed by atoms with E-state index in [0.717, 1.165) is 37.7 Å². The van der Waals surface area contributed by atoms with Gasteiger partial charge in [-0.15, -0.1) is 0 Å². The molecule has 1 amide bonds. The number of rotatable bonds is 5. The molecule has 0 radical (unpaired) electrons. The Balaban J connectivity index is 1.63. The van der Waals surface area contributed by atoms with Crippen LogP contribution in [0.3, 0.4) is 0 Å². The highest BCUT2D eigenvalue weighted by Gasteiger charge is 2.39. The highest BCUT2D eigenvalue weighted by molar-refractivity contribution is 6.32. The highest BCUT2D eigenvalue weighted by atomic mass is 35.5. The molecule has 2 saturated carbocycles. The van der Waals surface area contributed by atoms with Gasteiger partial charge in [0.25, 0.3) is 0 Å². The predicted molar refractivity (Wildman–Crippen MR) is 100 cm³/mol. The van der Waals surface area contributed by atoms with Crippen molar-refractivity contribution >= 4 is 23.5 Å². The average molecular weight is 375 g/mol. The van der Waals surface area contributed by atoms with Gasteiger partial charge in [0.05, 0.1) is 29.2 Å². The number of hydrogen-bond donors (Lipinski definition) is 2. The lowest BCUT2D eigenvalue weighted by Gasteiger charge is -2.36. The van der Waals surface area contributed by atoms with Crippen molar-refractivity contribution in [2.24, 2.45) is 0 Å². The monoisotopic (exact) mass is 374 g/mol. The highest BCUT2D eigenvalue weighted by Crippen LogP contribution is 2.36. The Morgan fingerprint density at radius 2 is 2.04 bits per heavy atom. The van der Waals surface area contributed by atoms with Gasteiger partial charge in [-0.3, -0.25) is 9.48 Å². The molecule has 4 rings (SSSR count). The first-order valence-electron chi connectivity index (χ1n) is 9.19. The molecule has 2 aromatic heterocycles. The summed E-state index contributed by atoms with van der Waals surface area (Å²) in [6.45, 7) is 0. The molecule has 2 aromatic rings. The Labute approximate surface area is 157 Å². The van der Waals surface area contributed by atoms with E-state index in [1.54, 1.807) is 19.4 Å². The Morgan fingerprint density at radius 1 is 1.27 bits per heavy atom. The summed E-state index contributed by atoms with van der Waals surface area (Å²) in [6.07, 6.45) is 12.4. The fourth-order valence-electron chi connectivity index (χ4n) is 3.65. The molecule has 0 atom stereocenters. The van der Waals surface area contributed by atoms with Gasteiger partial charge < -0.3 is 10.6 Å². The number of carbonyl (C=O) groups excluding carboxylic acids is 1. The SMILES string of the molecule is CNC(=O)C1(Nc2ncc(Cl)c(-c3cnn(C4CC4)c3)n2)CCCCC1. The maximum Gasteiger partial charge on any atom is 0.245 e. The number of nitrogens with one attached hydrogen (secondary N) is 2. The van der Waals surface area contributed by atoms with E-state index in [0.29, 0.717) is 22.7 Å².